The van der Waals surface area contributed by atoms with E-state index in [1.165, 1.54) is 6.07 Å². The lowest BCUT2D eigenvalue weighted by Crippen LogP contribution is -2.13. The second kappa shape index (κ2) is 6.81. The molecule has 20 heavy (non-hydrogen) atoms. The quantitative estimate of drug-likeness (QED) is 0.478. The van der Waals surface area contributed by atoms with Gasteiger partial charge in [-0.15, -0.1) is 0 Å². The zero-order valence-electron chi connectivity index (χ0n) is 11.5. The van der Waals surface area contributed by atoms with Gasteiger partial charge in [0.15, 0.2) is 0 Å². The van der Waals surface area contributed by atoms with E-state index in [1.54, 1.807) is 18.5 Å². The van der Waals surface area contributed by atoms with E-state index in [1.807, 2.05) is 16.8 Å². The lowest BCUT2D eigenvalue weighted by Gasteiger charge is -2.03. The van der Waals surface area contributed by atoms with E-state index in [-0.39, 0.29) is 10.6 Å². The molecule has 0 amide bonds. The Morgan fingerprint density at radius 1 is 1.40 bits per heavy atom. The summed E-state index contributed by atoms with van der Waals surface area (Å²) in [6.45, 7) is 4.24. The van der Waals surface area contributed by atoms with Crippen LogP contribution in [0.3, 0.4) is 0 Å². The van der Waals surface area contributed by atoms with E-state index < -0.39 is 0 Å². The van der Waals surface area contributed by atoms with E-state index in [2.05, 4.69) is 17.2 Å². The molecule has 1 aromatic heterocycles. The summed E-state index contributed by atoms with van der Waals surface area (Å²) in [6.07, 6.45) is 4.70. The van der Waals surface area contributed by atoms with E-state index >= 15 is 0 Å². The smallest absolute Gasteiger partial charge is 0.274 e. The van der Waals surface area contributed by atoms with E-state index in [0.29, 0.717) is 12.1 Å². The van der Waals surface area contributed by atoms with Crippen LogP contribution in [0.2, 0.25) is 0 Å². The lowest BCUT2D eigenvalue weighted by molar-refractivity contribution is -0.385. The van der Waals surface area contributed by atoms with Gasteiger partial charge in [0.1, 0.15) is 0 Å². The van der Waals surface area contributed by atoms with Crippen LogP contribution in [0.25, 0.3) is 0 Å². The monoisotopic (exact) mass is 274 g/mol. The van der Waals surface area contributed by atoms with Gasteiger partial charge in [-0.25, -0.2) is 4.98 Å². The number of benzene rings is 1. The fraction of sp³-hybridized carbons (Fsp3) is 0.357. The predicted molar refractivity (Wildman–Crippen MR) is 76.4 cm³/mol. The van der Waals surface area contributed by atoms with Gasteiger partial charge in [0.25, 0.3) is 5.69 Å². The van der Waals surface area contributed by atoms with Crippen LogP contribution in [0.5, 0.6) is 0 Å². The molecule has 1 heterocycles. The molecule has 0 aliphatic rings. The molecule has 1 N–H and O–H groups in total. The van der Waals surface area contributed by atoms with Crippen LogP contribution in [-0.2, 0) is 13.1 Å². The van der Waals surface area contributed by atoms with Gasteiger partial charge in [0.2, 0.25) is 0 Å². The number of imidazole rings is 1. The minimum atomic E-state index is -0.351. The SMILES string of the molecule is CCCNCc1cn(Cc2ccccc2[N+](=O)[O-])cn1. The molecule has 0 radical (unpaired) electrons. The van der Waals surface area contributed by atoms with Crippen molar-refractivity contribution < 1.29 is 4.92 Å². The standard InChI is InChI=1S/C14H18N4O2/c1-2-7-15-8-13-10-17(11-16-13)9-12-5-3-4-6-14(12)18(19)20/h3-6,10-11,15H,2,7-9H2,1H3. The minimum Gasteiger partial charge on any atom is -0.332 e. The molecule has 0 saturated carbocycles. The number of nitro groups is 1. The average molecular weight is 274 g/mol. The summed E-state index contributed by atoms with van der Waals surface area (Å²) in [5.74, 6) is 0. The summed E-state index contributed by atoms with van der Waals surface area (Å²) >= 11 is 0. The maximum atomic E-state index is 11.0. The predicted octanol–water partition coefficient (Wildman–Crippen LogP) is 2.34. The molecule has 6 nitrogen and oxygen atoms in total. The van der Waals surface area contributed by atoms with Gasteiger partial charge in [0, 0.05) is 24.4 Å². The van der Waals surface area contributed by atoms with Crippen molar-refractivity contribution >= 4 is 5.69 Å². The molecule has 0 aliphatic carbocycles. The zero-order valence-corrected chi connectivity index (χ0v) is 11.5. The average Bonchev–Trinajstić information content (AvgIpc) is 2.87. The highest BCUT2D eigenvalue weighted by atomic mass is 16.6. The molecule has 6 heteroatoms. The Morgan fingerprint density at radius 3 is 2.95 bits per heavy atom. The van der Waals surface area contributed by atoms with Gasteiger partial charge in [0.05, 0.1) is 23.5 Å². The first-order chi connectivity index (χ1) is 9.70. The summed E-state index contributed by atoms with van der Waals surface area (Å²) in [5.41, 5.74) is 1.77. The summed E-state index contributed by atoms with van der Waals surface area (Å²) in [5, 5.41) is 14.2. The van der Waals surface area contributed by atoms with E-state index in [4.69, 9.17) is 0 Å². The van der Waals surface area contributed by atoms with Gasteiger partial charge in [-0.2, -0.15) is 0 Å². The molecule has 2 rings (SSSR count). The molecule has 0 bridgehead atoms. The molecule has 0 atom stereocenters. The molecule has 0 spiro atoms. The zero-order chi connectivity index (χ0) is 14.4. The summed E-state index contributed by atoms with van der Waals surface area (Å²) in [7, 11) is 0. The summed E-state index contributed by atoms with van der Waals surface area (Å²) in [4.78, 5) is 14.9. The van der Waals surface area contributed by atoms with Crippen molar-refractivity contribution in [1.29, 1.82) is 0 Å². The van der Waals surface area contributed by atoms with Crippen LogP contribution in [0.1, 0.15) is 24.6 Å². The van der Waals surface area contributed by atoms with Gasteiger partial charge in [-0.1, -0.05) is 25.1 Å². The van der Waals surface area contributed by atoms with Crippen molar-refractivity contribution in [3.63, 3.8) is 0 Å². The normalized spacial score (nSPS) is 10.7. The minimum absolute atomic E-state index is 0.145. The Hall–Kier alpha value is -2.21. The number of hydrogen-bond acceptors (Lipinski definition) is 4. The number of nitrogens with zero attached hydrogens (tertiary/aromatic N) is 3. The third kappa shape index (κ3) is 3.64. The largest absolute Gasteiger partial charge is 0.332 e. The molecule has 2 aromatic rings. The maximum Gasteiger partial charge on any atom is 0.274 e. The van der Waals surface area contributed by atoms with Gasteiger partial charge < -0.3 is 9.88 Å². The highest BCUT2D eigenvalue weighted by Crippen LogP contribution is 2.18. The van der Waals surface area contributed by atoms with Crippen LogP contribution < -0.4 is 5.32 Å². The second-order valence-electron chi connectivity index (χ2n) is 4.60. The Kier molecular flexibility index (Phi) is 4.84. The number of aromatic nitrogens is 2. The first kappa shape index (κ1) is 14.2. The highest BCUT2D eigenvalue weighted by molar-refractivity contribution is 5.39. The number of rotatable bonds is 7. The molecule has 0 fully saturated rings. The van der Waals surface area contributed by atoms with Crippen molar-refractivity contribution in [2.24, 2.45) is 0 Å². The van der Waals surface area contributed by atoms with Crippen molar-refractivity contribution in [2.45, 2.75) is 26.4 Å². The number of nitro benzene ring substituents is 1. The highest BCUT2D eigenvalue weighted by Gasteiger charge is 2.12. The number of nitrogens with one attached hydrogen (secondary N) is 1. The fourth-order valence-electron chi connectivity index (χ4n) is 2.00. The van der Waals surface area contributed by atoms with Crippen LogP contribution in [0.4, 0.5) is 5.69 Å². The Bertz CT molecular complexity index is 580. The first-order valence-corrected chi connectivity index (χ1v) is 6.64. The van der Waals surface area contributed by atoms with Gasteiger partial charge in [-0.3, -0.25) is 10.1 Å². The Balaban J connectivity index is 2.05. The molecular weight excluding hydrogens is 256 g/mol. The molecule has 0 saturated heterocycles. The van der Waals surface area contributed by atoms with Crippen molar-refractivity contribution in [2.75, 3.05) is 6.54 Å². The molecule has 0 aliphatic heterocycles. The van der Waals surface area contributed by atoms with Crippen LogP contribution in [-0.4, -0.2) is 21.0 Å². The second-order valence-corrected chi connectivity index (χ2v) is 4.60. The van der Waals surface area contributed by atoms with E-state index in [9.17, 15) is 10.1 Å². The molecule has 106 valence electrons. The number of para-hydroxylation sites is 1. The molecule has 0 unspecified atom stereocenters. The third-order valence-corrected chi connectivity index (χ3v) is 2.96. The van der Waals surface area contributed by atoms with Crippen LogP contribution >= 0.6 is 0 Å². The Labute approximate surface area is 117 Å². The van der Waals surface area contributed by atoms with Crippen LogP contribution in [0.15, 0.2) is 36.8 Å². The molecule has 1 aromatic carbocycles. The van der Waals surface area contributed by atoms with Gasteiger partial charge in [-0.05, 0) is 13.0 Å². The third-order valence-electron chi connectivity index (χ3n) is 2.96. The Morgan fingerprint density at radius 2 is 2.20 bits per heavy atom. The van der Waals surface area contributed by atoms with E-state index in [0.717, 1.165) is 25.2 Å². The lowest BCUT2D eigenvalue weighted by atomic mass is 10.2. The van der Waals surface area contributed by atoms with Gasteiger partial charge >= 0.3 is 0 Å². The summed E-state index contributed by atoms with van der Waals surface area (Å²) in [6, 6.07) is 6.78. The van der Waals surface area contributed by atoms with Crippen molar-refractivity contribution in [3.8, 4) is 0 Å². The van der Waals surface area contributed by atoms with Crippen molar-refractivity contribution in [3.05, 3.63) is 58.2 Å². The van der Waals surface area contributed by atoms with Crippen LogP contribution in [0, 0.1) is 10.1 Å². The molecular formula is C14H18N4O2. The number of hydrogen-bond donors (Lipinski definition) is 1. The fourth-order valence-corrected chi connectivity index (χ4v) is 2.00. The summed E-state index contributed by atoms with van der Waals surface area (Å²) < 4.78 is 1.87. The first-order valence-electron chi connectivity index (χ1n) is 6.64. The maximum absolute atomic E-state index is 11.0. The van der Waals surface area contributed by atoms with Crippen molar-refractivity contribution in [1.82, 2.24) is 14.9 Å². The topological polar surface area (TPSA) is 73.0 Å².